The van der Waals surface area contributed by atoms with Gasteiger partial charge in [0, 0.05) is 28.1 Å². The molecule has 186 valence electrons. The molecule has 0 aliphatic heterocycles. The Morgan fingerprint density at radius 2 is 1.15 bits per heavy atom. The average Bonchev–Trinajstić information content (AvgIpc) is 3.03. The summed E-state index contributed by atoms with van der Waals surface area (Å²) in [5.41, 5.74) is 7.08. The molecule has 0 bridgehead atoms. The highest BCUT2D eigenvalue weighted by Gasteiger charge is 2.15. The van der Waals surface area contributed by atoms with E-state index in [-0.39, 0.29) is 0 Å². The maximum absolute atomic E-state index is 5.18. The minimum Gasteiger partial charge on any atom is -0.256 e. The van der Waals surface area contributed by atoms with Crippen LogP contribution in [0.5, 0.6) is 0 Å². The first kappa shape index (κ1) is 22.6. The zero-order valence-electron chi connectivity index (χ0n) is 21.6. The molecule has 8 aromatic rings. The van der Waals surface area contributed by atoms with Crippen molar-refractivity contribution in [1.82, 2.24) is 15.0 Å². The first-order valence-electron chi connectivity index (χ1n) is 13.5. The Balaban J connectivity index is 1.33. The lowest BCUT2D eigenvalue weighted by molar-refractivity contribution is 1.23. The molecule has 0 amide bonds. The second kappa shape index (κ2) is 9.11. The molecule has 0 N–H and O–H groups in total. The van der Waals surface area contributed by atoms with Gasteiger partial charge in [-0.15, -0.1) is 0 Å². The van der Waals surface area contributed by atoms with Gasteiger partial charge in [0.05, 0.1) is 16.7 Å². The Morgan fingerprint density at radius 1 is 0.425 bits per heavy atom. The molecular formula is C37H23N3. The van der Waals surface area contributed by atoms with Crippen LogP contribution in [0.1, 0.15) is 0 Å². The second-order valence-electron chi connectivity index (χ2n) is 10.1. The topological polar surface area (TPSA) is 38.7 Å². The lowest BCUT2D eigenvalue weighted by Gasteiger charge is -2.13. The number of hydrogen-bond acceptors (Lipinski definition) is 3. The lowest BCUT2D eigenvalue weighted by Crippen LogP contribution is -1.96. The van der Waals surface area contributed by atoms with Crippen molar-refractivity contribution in [1.29, 1.82) is 0 Å². The highest BCUT2D eigenvalue weighted by molar-refractivity contribution is 6.12. The normalized spacial score (nSPS) is 11.5. The van der Waals surface area contributed by atoms with Crippen molar-refractivity contribution >= 4 is 43.4 Å². The van der Waals surface area contributed by atoms with Gasteiger partial charge in [0.25, 0.3) is 0 Å². The van der Waals surface area contributed by atoms with Crippen LogP contribution in [0.2, 0.25) is 0 Å². The third kappa shape index (κ3) is 3.63. The lowest BCUT2D eigenvalue weighted by atomic mass is 9.94. The van der Waals surface area contributed by atoms with Crippen LogP contribution < -0.4 is 0 Å². The fraction of sp³-hybridized carbons (Fsp3) is 0. The summed E-state index contributed by atoms with van der Waals surface area (Å²) in [7, 11) is 0. The van der Waals surface area contributed by atoms with Gasteiger partial charge in [-0.25, -0.2) is 9.97 Å². The molecule has 8 rings (SSSR count). The zero-order valence-corrected chi connectivity index (χ0v) is 21.6. The Bertz CT molecular complexity index is 2230. The van der Waals surface area contributed by atoms with Crippen LogP contribution in [0.3, 0.4) is 0 Å². The van der Waals surface area contributed by atoms with Gasteiger partial charge in [-0.05, 0) is 50.9 Å². The van der Waals surface area contributed by atoms with Crippen LogP contribution >= 0.6 is 0 Å². The van der Waals surface area contributed by atoms with Gasteiger partial charge in [0.1, 0.15) is 0 Å². The number of nitrogens with zero attached hydrogens (tertiary/aromatic N) is 3. The Hall–Kier alpha value is -5.41. The molecule has 2 aromatic heterocycles. The number of rotatable bonds is 3. The molecule has 0 aliphatic carbocycles. The molecular weight excluding hydrogens is 486 g/mol. The minimum absolute atomic E-state index is 0.703. The molecule has 0 fully saturated rings. The molecule has 0 aliphatic rings. The number of benzene rings is 6. The van der Waals surface area contributed by atoms with E-state index in [9.17, 15) is 0 Å². The predicted molar refractivity (Wildman–Crippen MR) is 166 cm³/mol. The van der Waals surface area contributed by atoms with Crippen molar-refractivity contribution in [2.45, 2.75) is 0 Å². The maximum Gasteiger partial charge on any atom is 0.160 e. The SMILES string of the molecule is c1cc(-c2nc(-c3cccc4cccnc34)c3ccccc3n2)cc(-c2cccc3c2ccc2ccccc23)c1. The molecule has 0 atom stereocenters. The standard InChI is InChI=1S/C37H23N3/c1-2-14-28-24(9-1)20-21-31-29(16-7-17-30(28)31)26-11-5-12-27(23-26)37-39-34-19-4-3-15-32(34)36(40-37)33-18-6-10-25-13-8-22-38-35(25)33/h1-23H. The van der Waals surface area contributed by atoms with Crippen molar-refractivity contribution in [3.8, 4) is 33.8 Å². The monoisotopic (exact) mass is 509 g/mol. The first-order chi connectivity index (χ1) is 19.8. The van der Waals surface area contributed by atoms with Crippen LogP contribution in [0, 0.1) is 0 Å². The smallest absolute Gasteiger partial charge is 0.160 e. The van der Waals surface area contributed by atoms with Crippen molar-refractivity contribution in [3.63, 3.8) is 0 Å². The summed E-state index contributed by atoms with van der Waals surface area (Å²) < 4.78 is 0. The third-order valence-corrected chi connectivity index (χ3v) is 7.71. The van der Waals surface area contributed by atoms with Gasteiger partial charge in [0.2, 0.25) is 0 Å². The number of fused-ring (bicyclic) bond motifs is 5. The summed E-state index contributed by atoms with van der Waals surface area (Å²) in [5, 5.41) is 7.12. The Kier molecular flexibility index (Phi) is 5.14. The zero-order chi connectivity index (χ0) is 26.5. The van der Waals surface area contributed by atoms with Gasteiger partial charge in [-0.3, -0.25) is 4.98 Å². The van der Waals surface area contributed by atoms with Crippen LogP contribution in [-0.2, 0) is 0 Å². The number of para-hydroxylation sites is 2. The fourth-order valence-corrected chi connectivity index (χ4v) is 5.82. The minimum atomic E-state index is 0.703. The van der Waals surface area contributed by atoms with Crippen LogP contribution in [-0.4, -0.2) is 15.0 Å². The molecule has 0 spiro atoms. The van der Waals surface area contributed by atoms with Crippen molar-refractivity contribution in [2.75, 3.05) is 0 Å². The summed E-state index contributed by atoms with van der Waals surface area (Å²) in [5.74, 6) is 0.703. The molecule has 0 unspecified atom stereocenters. The van der Waals surface area contributed by atoms with Crippen molar-refractivity contribution in [3.05, 3.63) is 140 Å². The highest BCUT2D eigenvalue weighted by atomic mass is 14.9. The van der Waals surface area contributed by atoms with E-state index < -0.39 is 0 Å². The van der Waals surface area contributed by atoms with E-state index in [0.717, 1.165) is 44.2 Å². The van der Waals surface area contributed by atoms with E-state index in [4.69, 9.17) is 15.0 Å². The van der Waals surface area contributed by atoms with E-state index in [1.165, 1.54) is 27.1 Å². The fourth-order valence-electron chi connectivity index (χ4n) is 5.82. The van der Waals surface area contributed by atoms with Gasteiger partial charge >= 0.3 is 0 Å². The third-order valence-electron chi connectivity index (χ3n) is 7.71. The number of pyridine rings is 1. The van der Waals surface area contributed by atoms with Gasteiger partial charge < -0.3 is 0 Å². The molecule has 3 nitrogen and oxygen atoms in total. The first-order valence-corrected chi connectivity index (χ1v) is 13.5. The van der Waals surface area contributed by atoms with Crippen molar-refractivity contribution in [2.24, 2.45) is 0 Å². The van der Waals surface area contributed by atoms with Gasteiger partial charge in [-0.2, -0.15) is 0 Å². The van der Waals surface area contributed by atoms with Crippen LogP contribution in [0.4, 0.5) is 0 Å². The number of aromatic nitrogens is 3. The predicted octanol–water partition coefficient (Wildman–Crippen LogP) is 9.49. The molecule has 0 radical (unpaired) electrons. The van der Waals surface area contributed by atoms with Crippen LogP contribution in [0.15, 0.2) is 140 Å². The average molecular weight is 510 g/mol. The van der Waals surface area contributed by atoms with E-state index in [1.54, 1.807) is 0 Å². The molecule has 0 saturated heterocycles. The van der Waals surface area contributed by atoms with Gasteiger partial charge in [0.15, 0.2) is 5.82 Å². The van der Waals surface area contributed by atoms with E-state index >= 15 is 0 Å². The quantitative estimate of drug-likeness (QED) is 0.223. The molecule has 6 aromatic carbocycles. The molecule has 0 saturated carbocycles. The highest BCUT2D eigenvalue weighted by Crippen LogP contribution is 2.36. The Labute approximate surface area is 231 Å². The molecule has 2 heterocycles. The summed E-state index contributed by atoms with van der Waals surface area (Å²) in [6, 6.07) is 46.7. The van der Waals surface area contributed by atoms with E-state index in [2.05, 4.69) is 115 Å². The Morgan fingerprint density at radius 3 is 2.12 bits per heavy atom. The summed E-state index contributed by atoms with van der Waals surface area (Å²) in [6.07, 6.45) is 1.84. The molecule has 3 heteroatoms. The van der Waals surface area contributed by atoms with Crippen molar-refractivity contribution < 1.29 is 0 Å². The summed E-state index contributed by atoms with van der Waals surface area (Å²) >= 11 is 0. The second-order valence-corrected chi connectivity index (χ2v) is 10.1. The van der Waals surface area contributed by atoms with E-state index in [0.29, 0.717) is 5.82 Å². The maximum atomic E-state index is 5.18. The largest absolute Gasteiger partial charge is 0.256 e. The summed E-state index contributed by atoms with van der Waals surface area (Å²) in [4.78, 5) is 14.9. The van der Waals surface area contributed by atoms with E-state index in [1.807, 2.05) is 24.4 Å². The van der Waals surface area contributed by atoms with Crippen LogP contribution in [0.25, 0.3) is 77.1 Å². The molecule has 40 heavy (non-hydrogen) atoms. The summed E-state index contributed by atoms with van der Waals surface area (Å²) in [6.45, 7) is 0. The van der Waals surface area contributed by atoms with Gasteiger partial charge in [-0.1, -0.05) is 115 Å². The number of hydrogen-bond donors (Lipinski definition) is 0.